The largest absolute Gasteiger partial charge is 0.391 e. The van der Waals surface area contributed by atoms with Crippen LogP contribution in [0.4, 0.5) is 0 Å². The van der Waals surface area contributed by atoms with Crippen molar-refractivity contribution in [3.05, 3.63) is 0 Å². The standard InChI is InChI=1S/C16H29O3S/c1-12(2)16(20(9-7-17)10-8-18)11-13-5-3-4-6-14(13)15(16)19/h12-14,17-18H,3-11H2,1-2H3/q+1. The second-order valence-corrected chi connectivity index (χ2v) is 9.14. The molecule has 3 unspecified atom stereocenters. The molecule has 3 atom stereocenters. The quantitative estimate of drug-likeness (QED) is 0.735. The van der Waals surface area contributed by atoms with E-state index in [0.29, 0.717) is 29.1 Å². The zero-order chi connectivity index (χ0) is 14.8. The predicted octanol–water partition coefficient (Wildman–Crippen LogP) is 1.76. The van der Waals surface area contributed by atoms with Crippen LogP contribution in [0, 0.1) is 17.8 Å². The van der Waals surface area contributed by atoms with Crippen molar-refractivity contribution >= 4 is 16.7 Å². The fourth-order valence-corrected chi connectivity index (χ4v) is 7.33. The molecule has 0 saturated heterocycles. The van der Waals surface area contributed by atoms with Gasteiger partial charge >= 0.3 is 0 Å². The van der Waals surface area contributed by atoms with Gasteiger partial charge in [0.1, 0.15) is 11.5 Å². The highest BCUT2D eigenvalue weighted by Gasteiger charge is 2.63. The summed E-state index contributed by atoms with van der Waals surface area (Å²) in [4.78, 5) is 13.1. The summed E-state index contributed by atoms with van der Waals surface area (Å²) in [7, 11) is -0.185. The van der Waals surface area contributed by atoms with E-state index in [1.54, 1.807) is 0 Å². The maximum absolute atomic E-state index is 13.1. The van der Waals surface area contributed by atoms with Crippen molar-refractivity contribution in [2.75, 3.05) is 24.7 Å². The van der Waals surface area contributed by atoms with Crippen LogP contribution in [-0.2, 0) is 15.7 Å². The fourth-order valence-electron chi connectivity index (χ4n) is 4.40. The Morgan fingerprint density at radius 1 is 1.20 bits per heavy atom. The zero-order valence-corrected chi connectivity index (χ0v) is 13.6. The lowest BCUT2D eigenvalue weighted by Gasteiger charge is -2.32. The summed E-state index contributed by atoms with van der Waals surface area (Å²) in [5.74, 6) is 2.93. The van der Waals surface area contributed by atoms with Gasteiger partial charge in [0, 0.05) is 29.2 Å². The first kappa shape index (κ1) is 16.3. The predicted molar refractivity (Wildman–Crippen MR) is 83.9 cm³/mol. The minimum absolute atomic E-state index is 0.125. The third kappa shape index (κ3) is 2.67. The number of carbonyl (C=O) groups excluding carboxylic acids is 1. The summed E-state index contributed by atoms with van der Waals surface area (Å²) in [6.45, 7) is 4.56. The van der Waals surface area contributed by atoms with E-state index in [1.165, 1.54) is 19.3 Å². The van der Waals surface area contributed by atoms with Crippen molar-refractivity contribution in [2.24, 2.45) is 17.8 Å². The van der Waals surface area contributed by atoms with Gasteiger partial charge < -0.3 is 10.2 Å². The number of fused-ring (bicyclic) bond motifs is 1. The summed E-state index contributed by atoms with van der Waals surface area (Å²) >= 11 is 0. The monoisotopic (exact) mass is 301 g/mol. The first-order valence-corrected chi connectivity index (χ1v) is 9.57. The van der Waals surface area contributed by atoms with Crippen LogP contribution in [0.15, 0.2) is 0 Å². The maximum atomic E-state index is 13.1. The Kier molecular flexibility index (Phi) is 5.55. The van der Waals surface area contributed by atoms with E-state index in [-0.39, 0.29) is 34.8 Å². The number of Topliss-reactive ketones (excluding diaryl/α,β-unsaturated/α-hetero) is 1. The zero-order valence-electron chi connectivity index (χ0n) is 12.8. The number of ketones is 1. The molecular formula is C16H29O3S+. The van der Waals surface area contributed by atoms with Gasteiger partial charge in [-0.15, -0.1) is 0 Å². The number of aliphatic hydroxyl groups is 2. The fraction of sp³-hybridized carbons (Fsp3) is 0.938. The molecule has 0 spiro atoms. The minimum Gasteiger partial charge on any atom is -0.391 e. The van der Waals surface area contributed by atoms with E-state index >= 15 is 0 Å². The molecule has 0 radical (unpaired) electrons. The van der Waals surface area contributed by atoms with Gasteiger partial charge in [-0.05, 0) is 18.8 Å². The Morgan fingerprint density at radius 3 is 2.30 bits per heavy atom. The molecule has 4 heteroatoms. The van der Waals surface area contributed by atoms with Crippen LogP contribution < -0.4 is 0 Å². The molecule has 0 amide bonds. The van der Waals surface area contributed by atoms with Gasteiger partial charge in [0.25, 0.3) is 0 Å². The molecule has 0 aromatic heterocycles. The molecule has 0 heterocycles. The Morgan fingerprint density at radius 2 is 1.80 bits per heavy atom. The molecule has 2 rings (SSSR count). The summed E-state index contributed by atoms with van der Waals surface area (Å²) in [6, 6.07) is 0. The molecule has 2 aliphatic carbocycles. The lowest BCUT2D eigenvalue weighted by Crippen LogP contribution is -2.52. The van der Waals surface area contributed by atoms with Crippen molar-refractivity contribution in [3.8, 4) is 0 Å². The molecule has 2 fully saturated rings. The van der Waals surface area contributed by atoms with Gasteiger partial charge in [-0.3, -0.25) is 4.79 Å². The molecule has 20 heavy (non-hydrogen) atoms. The van der Waals surface area contributed by atoms with Crippen LogP contribution in [-0.4, -0.2) is 45.5 Å². The molecule has 0 bridgehead atoms. The topological polar surface area (TPSA) is 57.5 Å². The van der Waals surface area contributed by atoms with Crippen molar-refractivity contribution in [2.45, 2.75) is 50.7 Å². The van der Waals surface area contributed by atoms with Crippen molar-refractivity contribution < 1.29 is 15.0 Å². The summed E-state index contributed by atoms with van der Waals surface area (Å²) in [5.41, 5.74) is 0. The third-order valence-corrected chi connectivity index (χ3v) is 8.57. The molecule has 2 aliphatic rings. The van der Waals surface area contributed by atoms with E-state index in [0.717, 1.165) is 12.8 Å². The first-order chi connectivity index (χ1) is 9.57. The number of aliphatic hydroxyl groups excluding tert-OH is 2. The van der Waals surface area contributed by atoms with E-state index in [4.69, 9.17) is 0 Å². The van der Waals surface area contributed by atoms with Crippen LogP contribution >= 0.6 is 0 Å². The van der Waals surface area contributed by atoms with Crippen LogP contribution in [0.5, 0.6) is 0 Å². The maximum Gasteiger partial charge on any atom is 0.191 e. The molecular weight excluding hydrogens is 272 g/mol. The van der Waals surface area contributed by atoms with E-state index in [2.05, 4.69) is 13.8 Å². The van der Waals surface area contributed by atoms with Gasteiger partial charge in [0.15, 0.2) is 10.5 Å². The van der Waals surface area contributed by atoms with Crippen molar-refractivity contribution in [1.29, 1.82) is 0 Å². The molecule has 0 aromatic rings. The average molecular weight is 301 g/mol. The summed E-state index contributed by atoms with van der Waals surface area (Å²) in [6.07, 6.45) is 5.70. The highest BCUT2D eigenvalue weighted by atomic mass is 32.2. The van der Waals surface area contributed by atoms with Crippen LogP contribution in [0.25, 0.3) is 0 Å². The van der Waals surface area contributed by atoms with Gasteiger partial charge in [0.2, 0.25) is 0 Å². The second-order valence-electron chi connectivity index (χ2n) is 6.61. The Bertz CT molecular complexity index is 339. The SMILES string of the molecule is CC(C)C1([S+](CCO)CCO)CC2CCCCC2C1=O. The smallest absolute Gasteiger partial charge is 0.191 e. The summed E-state index contributed by atoms with van der Waals surface area (Å²) in [5, 5.41) is 18.8. The molecule has 116 valence electrons. The van der Waals surface area contributed by atoms with E-state index < -0.39 is 0 Å². The number of hydrogen-bond donors (Lipinski definition) is 2. The van der Waals surface area contributed by atoms with E-state index in [1.807, 2.05) is 0 Å². The molecule has 0 aromatic carbocycles. The minimum atomic E-state index is -0.273. The van der Waals surface area contributed by atoms with Crippen LogP contribution in [0.2, 0.25) is 0 Å². The van der Waals surface area contributed by atoms with Crippen molar-refractivity contribution in [3.63, 3.8) is 0 Å². The van der Waals surface area contributed by atoms with Gasteiger partial charge in [-0.2, -0.15) is 0 Å². The normalized spacial score (nSPS) is 34.0. The number of hydrogen-bond acceptors (Lipinski definition) is 3. The highest BCUT2D eigenvalue weighted by Crippen LogP contribution is 2.51. The van der Waals surface area contributed by atoms with Crippen LogP contribution in [0.1, 0.15) is 46.0 Å². The lowest BCUT2D eigenvalue weighted by atomic mass is 9.81. The third-order valence-electron chi connectivity index (χ3n) is 5.35. The van der Waals surface area contributed by atoms with Crippen LogP contribution in [0.3, 0.4) is 0 Å². The lowest BCUT2D eigenvalue weighted by molar-refractivity contribution is -0.124. The summed E-state index contributed by atoms with van der Waals surface area (Å²) < 4.78 is -0.273. The molecule has 2 saturated carbocycles. The molecule has 2 N–H and O–H groups in total. The number of rotatable bonds is 6. The second kappa shape index (κ2) is 6.80. The first-order valence-electron chi connectivity index (χ1n) is 8.01. The Balaban J connectivity index is 2.31. The molecule has 3 nitrogen and oxygen atoms in total. The van der Waals surface area contributed by atoms with Gasteiger partial charge in [-0.1, -0.05) is 26.7 Å². The van der Waals surface area contributed by atoms with Crippen molar-refractivity contribution in [1.82, 2.24) is 0 Å². The Hall–Kier alpha value is -0.0600. The van der Waals surface area contributed by atoms with Gasteiger partial charge in [0.05, 0.1) is 13.2 Å². The number of carbonyl (C=O) groups is 1. The Labute approximate surface area is 125 Å². The van der Waals surface area contributed by atoms with E-state index in [9.17, 15) is 15.0 Å². The van der Waals surface area contributed by atoms with Gasteiger partial charge in [-0.25, -0.2) is 0 Å². The average Bonchev–Trinajstić information content (AvgIpc) is 2.73. The highest BCUT2D eigenvalue weighted by molar-refractivity contribution is 7.99. The molecule has 0 aliphatic heterocycles.